The molecule has 3 aromatic rings. The molecule has 1 heterocycles. The molecule has 1 nitrogen and oxygen atoms in total. The standard InChI is InChI=1S/C20H18O/c1-2-5-14-13(4-1)8-9-17-15-6-3-7-19(20-12-21-20)18(15)11-10-16(14)17/h1-2,4-5,8-11,19-20H,3,6-7,12H2. The predicted octanol–water partition coefficient (Wildman–Crippen LogP) is 4.81. The molecule has 0 amide bonds. The molecule has 2 aliphatic rings. The molecule has 0 aromatic heterocycles. The van der Waals surface area contributed by atoms with E-state index in [1.54, 1.807) is 11.1 Å². The second-order valence-corrected chi connectivity index (χ2v) is 6.39. The molecule has 1 aliphatic heterocycles. The minimum atomic E-state index is 0.488. The van der Waals surface area contributed by atoms with E-state index in [1.165, 1.54) is 40.8 Å². The molecule has 1 saturated heterocycles. The van der Waals surface area contributed by atoms with Crippen LogP contribution in [0.15, 0.2) is 48.5 Å². The highest BCUT2D eigenvalue weighted by atomic mass is 16.6. The first kappa shape index (κ1) is 11.8. The van der Waals surface area contributed by atoms with Gasteiger partial charge in [-0.3, -0.25) is 0 Å². The van der Waals surface area contributed by atoms with E-state index in [9.17, 15) is 0 Å². The van der Waals surface area contributed by atoms with Gasteiger partial charge in [-0.05, 0) is 51.9 Å². The van der Waals surface area contributed by atoms with Gasteiger partial charge in [-0.1, -0.05) is 48.5 Å². The fourth-order valence-corrected chi connectivity index (χ4v) is 4.12. The van der Waals surface area contributed by atoms with E-state index in [2.05, 4.69) is 48.5 Å². The van der Waals surface area contributed by atoms with Crippen molar-refractivity contribution >= 4 is 21.5 Å². The highest BCUT2D eigenvalue weighted by molar-refractivity contribution is 6.08. The average Bonchev–Trinajstić information content (AvgIpc) is 3.38. The number of ether oxygens (including phenoxy) is 1. The van der Waals surface area contributed by atoms with Gasteiger partial charge < -0.3 is 4.74 Å². The normalized spacial score (nSPS) is 24.2. The molecule has 0 radical (unpaired) electrons. The van der Waals surface area contributed by atoms with Crippen LogP contribution in [0.25, 0.3) is 21.5 Å². The van der Waals surface area contributed by atoms with E-state index in [1.807, 2.05) is 0 Å². The Bertz CT molecular complexity index is 845. The predicted molar refractivity (Wildman–Crippen MR) is 86.9 cm³/mol. The van der Waals surface area contributed by atoms with Crippen molar-refractivity contribution in [3.8, 4) is 0 Å². The second-order valence-electron chi connectivity index (χ2n) is 6.39. The van der Waals surface area contributed by atoms with Crippen molar-refractivity contribution in [2.75, 3.05) is 6.61 Å². The lowest BCUT2D eigenvalue weighted by atomic mass is 9.78. The maximum Gasteiger partial charge on any atom is 0.0878 e. The molecule has 0 spiro atoms. The van der Waals surface area contributed by atoms with Crippen molar-refractivity contribution in [3.05, 3.63) is 59.7 Å². The van der Waals surface area contributed by atoms with Gasteiger partial charge in [-0.2, -0.15) is 0 Å². The highest BCUT2D eigenvalue weighted by Crippen LogP contribution is 2.42. The molecule has 1 aliphatic carbocycles. The number of rotatable bonds is 1. The summed E-state index contributed by atoms with van der Waals surface area (Å²) < 4.78 is 5.59. The van der Waals surface area contributed by atoms with Crippen molar-refractivity contribution in [1.29, 1.82) is 0 Å². The third kappa shape index (κ3) is 1.74. The van der Waals surface area contributed by atoms with E-state index in [0.717, 1.165) is 6.61 Å². The van der Waals surface area contributed by atoms with Crippen molar-refractivity contribution in [1.82, 2.24) is 0 Å². The summed E-state index contributed by atoms with van der Waals surface area (Å²) in [6.45, 7) is 0.958. The van der Waals surface area contributed by atoms with E-state index >= 15 is 0 Å². The average molecular weight is 274 g/mol. The van der Waals surface area contributed by atoms with Crippen molar-refractivity contribution in [2.45, 2.75) is 31.3 Å². The van der Waals surface area contributed by atoms with Gasteiger partial charge in [0.25, 0.3) is 0 Å². The monoisotopic (exact) mass is 274 g/mol. The van der Waals surface area contributed by atoms with Gasteiger partial charge in [0.1, 0.15) is 0 Å². The minimum absolute atomic E-state index is 0.488. The molecular formula is C20H18O. The summed E-state index contributed by atoms with van der Waals surface area (Å²) in [5, 5.41) is 5.58. The summed E-state index contributed by atoms with van der Waals surface area (Å²) in [6.07, 6.45) is 4.29. The van der Waals surface area contributed by atoms with E-state index in [0.29, 0.717) is 12.0 Å². The zero-order valence-corrected chi connectivity index (χ0v) is 12.0. The number of fused-ring (bicyclic) bond motifs is 5. The van der Waals surface area contributed by atoms with Crippen LogP contribution in [0.4, 0.5) is 0 Å². The molecule has 0 bridgehead atoms. The lowest BCUT2D eigenvalue weighted by Crippen LogP contribution is -2.14. The van der Waals surface area contributed by atoms with Crippen LogP contribution < -0.4 is 0 Å². The zero-order chi connectivity index (χ0) is 13.8. The fourth-order valence-electron chi connectivity index (χ4n) is 4.12. The third-order valence-corrected chi connectivity index (χ3v) is 5.22. The number of epoxide rings is 1. The first-order chi connectivity index (χ1) is 10.4. The SMILES string of the molecule is c1ccc2c(c1)ccc1c3c(ccc12)C(C1CO1)CCC3. The van der Waals surface area contributed by atoms with Crippen LogP contribution in [-0.2, 0) is 11.2 Å². The van der Waals surface area contributed by atoms with E-state index < -0.39 is 0 Å². The number of hydrogen-bond acceptors (Lipinski definition) is 1. The number of hydrogen-bond donors (Lipinski definition) is 0. The minimum Gasteiger partial charge on any atom is -0.372 e. The smallest absolute Gasteiger partial charge is 0.0878 e. The third-order valence-electron chi connectivity index (χ3n) is 5.22. The lowest BCUT2D eigenvalue weighted by Gasteiger charge is -2.26. The molecule has 5 rings (SSSR count). The fraction of sp³-hybridized carbons (Fsp3) is 0.300. The largest absolute Gasteiger partial charge is 0.372 e. The Morgan fingerprint density at radius 1 is 0.857 bits per heavy atom. The molecule has 2 atom stereocenters. The Kier molecular flexibility index (Phi) is 2.42. The van der Waals surface area contributed by atoms with Crippen LogP contribution in [0.1, 0.15) is 29.9 Å². The molecule has 21 heavy (non-hydrogen) atoms. The lowest BCUT2D eigenvalue weighted by molar-refractivity contribution is 0.355. The second kappa shape index (κ2) is 4.32. The Hall–Kier alpha value is -1.86. The van der Waals surface area contributed by atoms with E-state index in [-0.39, 0.29) is 0 Å². The highest BCUT2D eigenvalue weighted by Gasteiger charge is 2.36. The molecule has 2 unspecified atom stereocenters. The molecular weight excluding hydrogens is 256 g/mol. The van der Waals surface area contributed by atoms with E-state index in [4.69, 9.17) is 4.74 Å². The molecule has 104 valence electrons. The molecule has 0 saturated carbocycles. The van der Waals surface area contributed by atoms with Gasteiger partial charge in [0, 0.05) is 5.92 Å². The summed E-state index contributed by atoms with van der Waals surface area (Å²) in [7, 11) is 0. The van der Waals surface area contributed by atoms with Crippen LogP contribution >= 0.6 is 0 Å². The maximum absolute atomic E-state index is 5.59. The summed E-state index contributed by atoms with van der Waals surface area (Å²) in [5.41, 5.74) is 3.12. The summed E-state index contributed by atoms with van der Waals surface area (Å²) in [4.78, 5) is 0. The Morgan fingerprint density at radius 2 is 1.71 bits per heavy atom. The van der Waals surface area contributed by atoms with Crippen LogP contribution in [0, 0.1) is 0 Å². The summed E-state index contributed by atoms with van der Waals surface area (Å²) in [5.74, 6) is 0.629. The van der Waals surface area contributed by atoms with Gasteiger partial charge >= 0.3 is 0 Å². The van der Waals surface area contributed by atoms with Crippen LogP contribution in [-0.4, -0.2) is 12.7 Å². The van der Waals surface area contributed by atoms with Gasteiger partial charge in [-0.25, -0.2) is 0 Å². The Labute approximate surface area is 124 Å². The summed E-state index contributed by atoms with van der Waals surface area (Å²) >= 11 is 0. The van der Waals surface area contributed by atoms with Crippen molar-refractivity contribution < 1.29 is 4.74 Å². The van der Waals surface area contributed by atoms with Crippen LogP contribution in [0.5, 0.6) is 0 Å². The molecule has 1 heteroatoms. The summed E-state index contributed by atoms with van der Waals surface area (Å²) in [6, 6.07) is 18.0. The van der Waals surface area contributed by atoms with Gasteiger partial charge in [0.15, 0.2) is 0 Å². The van der Waals surface area contributed by atoms with Crippen molar-refractivity contribution in [3.63, 3.8) is 0 Å². The molecule has 3 aromatic carbocycles. The topological polar surface area (TPSA) is 12.5 Å². The quantitative estimate of drug-likeness (QED) is 0.458. The Balaban J connectivity index is 1.81. The van der Waals surface area contributed by atoms with Gasteiger partial charge in [0.05, 0.1) is 12.7 Å². The zero-order valence-electron chi connectivity index (χ0n) is 12.0. The van der Waals surface area contributed by atoms with Gasteiger partial charge in [0.2, 0.25) is 0 Å². The maximum atomic E-state index is 5.59. The van der Waals surface area contributed by atoms with Crippen LogP contribution in [0.3, 0.4) is 0 Å². The molecule has 0 N–H and O–H groups in total. The first-order valence-electron chi connectivity index (χ1n) is 7.97. The van der Waals surface area contributed by atoms with Crippen molar-refractivity contribution in [2.24, 2.45) is 0 Å². The number of benzene rings is 3. The van der Waals surface area contributed by atoms with Gasteiger partial charge in [-0.15, -0.1) is 0 Å². The number of aryl methyl sites for hydroxylation is 1. The first-order valence-corrected chi connectivity index (χ1v) is 7.97. The molecule has 1 fully saturated rings. The van der Waals surface area contributed by atoms with Crippen LogP contribution in [0.2, 0.25) is 0 Å². The Morgan fingerprint density at radius 3 is 2.62 bits per heavy atom.